The molecule has 1 fully saturated rings. The van der Waals surface area contributed by atoms with E-state index in [1.54, 1.807) is 0 Å². The van der Waals surface area contributed by atoms with Crippen molar-refractivity contribution in [2.75, 3.05) is 11.9 Å². The van der Waals surface area contributed by atoms with Crippen molar-refractivity contribution in [3.63, 3.8) is 0 Å². The Hall–Kier alpha value is -3.15. The number of benzene rings is 3. The molecule has 1 N–H and O–H groups in total. The molecule has 0 aromatic heterocycles. The molecule has 3 aromatic rings. The molecule has 5 nitrogen and oxygen atoms in total. The minimum absolute atomic E-state index is 0.0191. The zero-order valence-electron chi connectivity index (χ0n) is 19.8. The van der Waals surface area contributed by atoms with Crippen molar-refractivity contribution in [2.24, 2.45) is 11.8 Å². The molecule has 36 heavy (non-hydrogen) atoms. The van der Waals surface area contributed by atoms with Gasteiger partial charge in [-0.15, -0.1) is 23.2 Å². The van der Waals surface area contributed by atoms with Gasteiger partial charge in [0.2, 0.25) is 17.7 Å². The van der Waals surface area contributed by atoms with E-state index in [-0.39, 0.29) is 30.7 Å². The molecule has 7 heteroatoms. The Morgan fingerprint density at radius 1 is 0.833 bits per heavy atom. The third-order valence-electron chi connectivity index (χ3n) is 7.90. The smallest absolute Gasteiger partial charge is 0.235 e. The van der Waals surface area contributed by atoms with Crippen molar-refractivity contribution in [2.45, 2.75) is 30.0 Å². The predicted molar refractivity (Wildman–Crippen MR) is 139 cm³/mol. The molecule has 0 spiro atoms. The van der Waals surface area contributed by atoms with Gasteiger partial charge in [-0.2, -0.15) is 0 Å². The van der Waals surface area contributed by atoms with Crippen molar-refractivity contribution in [3.8, 4) is 0 Å². The van der Waals surface area contributed by atoms with E-state index in [4.69, 9.17) is 23.2 Å². The summed E-state index contributed by atoms with van der Waals surface area (Å²) in [5.41, 5.74) is 5.80. The van der Waals surface area contributed by atoms with Crippen LogP contribution in [0.15, 0.2) is 66.7 Å². The largest absolute Gasteiger partial charge is 0.326 e. The van der Waals surface area contributed by atoms with Gasteiger partial charge in [0.1, 0.15) is 9.75 Å². The minimum Gasteiger partial charge on any atom is -0.326 e. The molecule has 4 aliphatic rings. The van der Waals surface area contributed by atoms with E-state index >= 15 is 0 Å². The number of rotatable bonds is 4. The maximum Gasteiger partial charge on any atom is 0.235 e. The van der Waals surface area contributed by atoms with Gasteiger partial charge in [0, 0.05) is 18.7 Å². The summed E-state index contributed by atoms with van der Waals surface area (Å²) >= 11 is 14.8. The van der Waals surface area contributed by atoms with Crippen LogP contribution in [0.1, 0.15) is 39.8 Å². The molecular weight excluding hydrogens is 495 g/mol. The highest BCUT2D eigenvalue weighted by Crippen LogP contribution is 2.69. The summed E-state index contributed by atoms with van der Waals surface area (Å²) in [7, 11) is 0. The van der Waals surface area contributed by atoms with Crippen LogP contribution in [0.5, 0.6) is 0 Å². The second-order valence-corrected chi connectivity index (χ2v) is 11.1. The van der Waals surface area contributed by atoms with Crippen LogP contribution in [-0.4, -0.2) is 29.2 Å². The van der Waals surface area contributed by atoms with E-state index < -0.39 is 21.6 Å². The highest BCUT2D eigenvalue weighted by molar-refractivity contribution is 6.36. The van der Waals surface area contributed by atoms with E-state index in [0.717, 1.165) is 33.4 Å². The maximum atomic E-state index is 13.8. The van der Waals surface area contributed by atoms with Crippen LogP contribution in [0.3, 0.4) is 0 Å². The third kappa shape index (κ3) is 2.93. The number of hydrogen-bond acceptors (Lipinski definition) is 3. The Morgan fingerprint density at radius 3 is 1.75 bits per heavy atom. The van der Waals surface area contributed by atoms with Crippen LogP contribution in [0.2, 0.25) is 0 Å². The molecule has 3 amide bonds. The van der Waals surface area contributed by atoms with Gasteiger partial charge in [0.15, 0.2) is 0 Å². The number of amides is 3. The van der Waals surface area contributed by atoms with Crippen LogP contribution in [0.4, 0.5) is 5.69 Å². The Morgan fingerprint density at radius 2 is 1.31 bits per heavy atom. The van der Waals surface area contributed by atoms with Crippen LogP contribution in [0, 0.1) is 25.7 Å². The van der Waals surface area contributed by atoms with Crippen molar-refractivity contribution in [1.82, 2.24) is 4.90 Å². The lowest BCUT2D eigenvalue weighted by atomic mass is 9.54. The van der Waals surface area contributed by atoms with Crippen LogP contribution in [-0.2, 0) is 24.1 Å². The van der Waals surface area contributed by atoms with Gasteiger partial charge < -0.3 is 5.32 Å². The molecule has 1 heterocycles. The Kier molecular flexibility index (Phi) is 5.12. The lowest BCUT2D eigenvalue weighted by Gasteiger charge is -2.54. The van der Waals surface area contributed by atoms with E-state index in [1.165, 1.54) is 4.90 Å². The Balaban J connectivity index is 1.33. The van der Waals surface area contributed by atoms with Gasteiger partial charge in [0.25, 0.3) is 0 Å². The molecule has 0 radical (unpaired) electrons. The first kappa shape index (κ1) is 23.3. The van der Waals surface area contributed by atoms with Crippen molar-refractivity contribution < 1.29 is 14.4 Å². The first-order valence-corrected chi connectivity index (χ1v) is 12.7. The standard InChI is InChI=1S/C29H24Cl2N2O3/c1-16-11-12-22(17(2)15-16)32-23(34)13-14-33-26(35)24-25(27(33)36)29(31)19-8-4-3-7-18(19)28(24,30)20-9-5-6-10-21(20)29/h3-12,15,24-25H,13-14H2,1-2H3,(H,32,34)/t24-,25-,28?,29?/m0/s1. The van der Waals surface area contributed by atoms with Crippen LogP contribution in [0.25, 0.3) is 0 Å². The van der Waals surface area contributed by atoms with E-state index in [1.807, 2.05) is 80.6 Å². The summed E-state index contributed by atoms with van der Waals surface area (Å²) in [6.45, 7) is 3.87. The SMILES string of the molecule is Cc1ccc(NC(=O)CCN2C(=O)[C@@H]3[C@@H](C2=O)C2(Cl)c4ccccc4C3(Cl)c3ccccc32)c(C)c1. The summed E-state index contributed by atoms with van der Waals surface area (Å²) in [4.78, 5) is 39.1. The normalized spacial score (nSPS) is 27.5. The zero-order valence-corrected chi connectivity index (χ0v) is 21.4. The number of nitrogens with one attached hydrogen (secondary N) is 1. The lowest BCUT2D eigenvalue weighted by molar-refractivity contribution is -0.140. The first-order valence-electron chi connectivity index (χ1n) is 12.0. The fraction of sp³-hybridized carbons (Fsp3) is 0.276. The number of anilines is 1. The fourth-order valence-electron chi connectivity index (χ4n) is 6.33. The van der Waals surface area contributed by atoms with E-state index in [2.05, 4.69) is 5.32 Å². The Labute approximate surface area is 219 Å². The topological polar surface area (TPSA) is 66.5 Å². The number of halogens is 2. The molecule has 7 rings (SSSR count). The molecule has 0 unspecified atom stereocenters. The number of carbonyl (C=O) groups excluding carboxylic acids is 3. The fourth-order valence-corrected chi connectivity index (χ4v) is 7.42. The summed E-state index contributed by atoms with van der Waals surface area (Å²) in [5.74, 6) is -2.73. The molecule has 0 saturated carbocycles. The number of nitrogens with zero attached hydrogens (tertiary/aromatic N) is 1. The Bertz CT molecular complexity index is 1340. The number of hydrogen-bond donors (Lipinski definition) is 1. The number of imide groups is 1. The van der Waals surface area contributed by atoms with Crippen LogP contribution >= 0.6 is 23.2 Å². The van der Waals surface area contributed by atoms with Gasteiger partial charge in [-0.25, -0.2) is 0 Å². The second kappa shape index (κ2) is 7.92. The van der Waals surface area contributed by atoms with Gasteiger partial charge in [0.05, 0.1) is 11.8 Å². The van der Waals surface area contributed by atoms with E-state index in [0.29, 0.717) is 5.69 Å². The van der Waals surface area contributed by atoms with E-state index in [9.17, 15) is 14.4 Å². The van der Waals surface area contributed by atoms with Crippen molar-refractivity contribution >= 4 is 46.6 Å². The molecule has 182 valence electrons. The molecule has 1 aliphatic heterocycles. The predicted octanol–water partition coefficient (Wildman–Crippen LogP) is 5.23. The lowest BCUT2D eigenvalue weighted by Crippen LogP contribution is -2.57. The first-order chi connectivity index (χ1) is 17.2. The van der Waals surface area contributed by atoms with Crippen LogP contribution < -0.4 is 5.32 Å². The summed E-state index contributed by atoms with van der Waals surface area (Å²) in [6.07, 6.45) is -0.0191. The highest BCUT2D eigenvalue weighted by Gasteiger charge is 2.72. The minimum atomic E-state index is -1.21. The monoisotopic (exact) mass is 518 g/mol. The summed E-state index contributed by atoms with van der Waals surface area (Å²) in [6, 6.07) is 20.8. The third-order valence-corrected chi connectivity index (χ3v) is 9.18. The molecule has 2 bridgehead atoms. The highest BCUT2D eigenvalue weighted by atomic mass is 35.5. The summed E-state index contributed by atoms with van der Waals surface area (Å²) < 4.78 is 0. The average Bonchev–Trinajstić information content (AvgIpc) is 3.13. The van der Waals surface area contributed by atoms with Gasteiger partial charge >= 0.3 is 0 Å². The van der Waals surface area contributed by atoms with Gasteiger partial charge in [-0.1, -0.05) is 66.2 Å². The number of carbonyl (C=O) groups is 3. The maximum absolute atomic E-state index is 13.8. The van der Waals surface area contributed by atoms with Gasteiger partial charge in [-0.05, 0) is 47.7 Å². The quantitative estimate of drug-likeness (QED) is 0.380. The van der Waals surface area contributed by atoms with Crippen molar-refractivity contribution in [3.05, 3.63) is 100 Å². The van der Waals surface area contributed by atoms with Crippen molar-refractivity contribution in [1.29, 1.82) is 0 Å². The number of alkyl halides is 2. The van der Waals surface area contributed by atoms with Gasteiger partial charge in [-0.3, -0.25) is 19.3 Å². The average molecular weight is 519 g/mol. The number of likely N-dealkylation sites (tertiary alicyclic amines) is 1. The molecular formula is C29H24Cl2N2O3. The number of aryl methyl sites for hydroxylation is 2. The molecule has 3 aromatic carbocycles. The summed E-state index contributed by atoms with van der Waals surface area (Å²) in [5, 5.41) is 2.89. The zero-order chi connectivity index (χ0) is 25.4. The second-order valence-electron chi connectivity index (χ2n) is 9.91. The molecule has 3 aliphatic carbocycles. The molecule has 1 saturated heterocycles. The molecule has 2 atom stereocenters.